The highest BCUT2D eigenvalue weighted by atomic mass is 31.2. The molecule has 1 unspecified atom stereocenters. The Kier molecular flexibility index (Phi) is 8.01. The molecule has 0 saturated heterocycles. The van der Waals surface area contributed by atoms with Gasteiger partial charge in [0.1, 0.15) is 0 Å². The standard InChI is InChI=1S/C24H27N2O4P/c1-3-29-31(28,30-4-2)23(20-14-8-5-9-15-20)26(22-18-12-7-13-19-22)24(27)25-21-16-10-6-11-17-21/h5-19,23H,3-4H2,1-2H3,(H,25,27). The van der Waals surface area contributed by atoms with E-state index in [9.17, 15) is 9.36 Å². The molecule has 0 bridgehead atoms. The predicted octanol–water partition coefficient (Wildman–Crippen LogP) is 6.69. The number of amides is 2. The molecule has 0 aliphatic carbocycles. The summed E-state index contributed by atoms with van der Waals surface area (Å²) in [5.41, 5.74) is 1.85. The molecule has 6 nitrogen and oxygen atoms in total. The Morgan fingerprint density at radius 3 is 1.84 bits per heavy atom. The van der Waals surface area contributed by atoms with Crippen molar-refractivity contribution in [3.05, 3.63) is 96.6 Å². The molecule has 1 atom stereocenters. The van der Waals surface area contributed by atoms with E-state index >= 15 is 0 Å². The van der Waals surface area contributed by atoms with Crippen molar-refractivity contribution in [3.8, 4) is 0 Å². The third-order valence-corrected chi connectivity index (χ3v) is 6.90. The van der Waals surface area contributed by atoms with Gasteiger partial charge in [-0.25, -0.2) is 4.79 Å². The largest absolute Gasteiger partial charge is 0.357 e. The van der Waals surface area contributed by atoms with Gasteiger partial charge in [-0.15, -0.1) is 0 Å². The summed E-state index contributed by atoms with van der Waals surface area (Å²) >= 11 is 0. The van der Waals surface area contributed by atoms with Crippen molar-refractivity contribution in [1.82, 2.24) is 0 Å². The van der Waals surface area contributed by atoms with E-state index in [1.54, 1.807) is 38.1 Å². The topological polar surface area (TPSA) is 67.9 Å². The van der Waals surface area contributed by atoms with E-state index in [4.69, 9.17) is 9.05 Å². The van der Waals surface area contributed by atoms with Crippen LogP contribution in [0.25, 0.3) is 0 Å². The van der Waals surface area contributed by atoms with Gasteiger partial charge in [0.2, 0.25) is 0 Å². The number of urea groups is 1. The number of rotatable bonds is 9. The molecule has 31 heavy (non-hydrogen) atoms. The quantitative estimate of drug-likeness (QED) is 0.378. The van der Waals surface area contributed by atoms with Crippen LogP contribution < -0.4 is 10.2 Å². The fraction of sp³-hybridized carbons (Fsp3) is 0.208. The van der Waals surface area contributed by atoms with Crippen molar-refractivity contribution in [3.63, 3.8) is 0 Å². The lowest BCUT2D eigenvalue weighted by Gasteiger charge is -2.36. The molecule has 0 aliphatic heterocycles. The van der Waals surface area contributed by atoms with Gasteiger partial charge in [0.15, 0.2) is 5.78 Å². The summed E-state index contributed by atoms with van der Waals surface area (Å²) in [5.74, 6) is -0.972. The lowest BCUT2D eigenvalue weighted by Crippen LogP contribution is -2.39. The Morgan fingerprint density at radius 2 is 1.32 bits per heavy atom. The van der Waals surface area contributed by atoms with Gasteiger partial charge in [0.05, 0.1) is 13.2 Å². The Hall–Kier alpha value is -2.92. The van der Waals surface area contributed by atoms with Crippen LogP contribution in [0.4, 0.5) is 16.2 Å². The van der Waals surface area contributed by atoms with E-state index < -0.39 is 19.4 Å². The van der Waals surface area contributed by atoms with Gasteiger partial charge in [0, 0.05) is 11.4 Å². The van der Waals surface area contributed by atoms with Crippen LogP contribution in [0.2, 0.25) is 0 Å². The molecule has 0 heterocycles. The smallest absolute Gasteiger partial charge is 0.308 e. The molecule has 0 saturated carbocycles. The van der Waals surface area contributed by atoms with E-state index in [0.717, 1.165) is 0 Å². The molecule has 162 valence electrons. The number of hydrogen-bond donors (Lipinski definition) is 1. The molecular weight excluding hydrogens is 411 g/mol. The molecule has 7 heteroatoms. The summed E-state index contributed by atoms with van der Waals surface area (Å²) in [6.45, 7) is 3.88. The van der Waals surface area contributed by atoms with Gasteiger partial charge in [-0.2, -0.15) is 0 Å². The zero-order chi connectivity index (χ0) is 22.1. The molecule has 1 N–H and O–H groups in total. The van der Waals surface area contributed by atoms with E-state index in [1.807, 2.05) is 66.7 Å². The van der Waals surface area contributed by atoms with Crippen molar-refractivity contribution in [2.24, 2.45) is 0 Å². The molecular formula is C24H27N2O4P. The fourth-order valence-electron chi connectivity index (χ4n) is 3.30. The van der Waals surface area contributed by atoms with E-state index in [0.29, 0.717) is 16.9 Å². The number of hydrogen-bond acceptors (Lipinski definition) is 4. The van der Waals surface area contributed by atoms with Crippen molar-refractivity contribution in [2.75, 3.05) is 23.4 Å². The first-order valence-corrected chi connectivity index (χ1v) is 11.8. The molecule has 0 radical (unpaired) electrons. The maximum atomic E-state index is 14.0. The van der Waals surface area contributed by atoms with Crippen LogP contribution >= 0.6 is 7.60 Å². The molecule has 3 aromatic rings. The third-order valence-electron chi connectivity index (χ3n) is 4.54. The van der Waals surface area contributed by atoms with Crippen LogP contribution in [-0.4, -0.2) is 19.2 Å². The fourth-order valence-corrected chi connectivity index (χ4v) is 5.43. The van der Waals surface area contributed by atoms with Crippen molar-refractivity contribution < 1.29 is 18.4 Å². The Labute approximate surface area is 183 Å². The molecule has 0 aromatic heterocycles. The van der Waals surface area contributed by atoms with Gasteiger partial charge < -0.3 is 14.4 Å². The lowest BCUT2D eigenvalue weighted by atomic mass is 10.2. The van der Waals surface area contributed by atoms with Gasteiger partial charge >= 0.3 is 13.6 Å². The minimum atomic E-state index is -3.77. The molecule has 0 spiro atoms. The van der Waals surface area contributed by atoms with Gasteiger partial charge in [-0.3, -0.25) is 9.46 Å². The van der Waals surface area contributed by atoms with E-state index in [-0.39, 0.29) is 13.2 Å². The van der Waals surface area contributed by atoms with Crippen molar-refractivity contribution >= 4 is 25.0 Å². The molecule has 3 rings (SSSR count). The Balaban J connectivity index is 2.15. The average Bonchev–Trinajstić information content (AvgIpc) is 2.79. The average molecular weight is 438 g/mol. The molecule has 0 aliphatic rings. The SMILES string of the molecule is CCOP(=O)(OCC)C(c1ccccc1)N(C(=O)Nc1ccccc1)c1ccccc1. The summed E-state index contributed by atoms with van der Waals surface area (Å²) < 4.78 is 25.4. The zero-order valence-electron chi connectivity index (χ0n) is 17.7. The minimum Gasteiger partial charge on any atom is -0.308 e. The molecule has 3 aromatic carbocycles. The summed E-state index contributed by atoms with van der Waals surface area (Å²) in [4.78, 5) is 15.0. The number of carbonyl (C=O) groups is 1. The summed E-state index contributed by atoms with van der Waals surface area (Å²) in [5, 5.41) is 2.90. The summed E-state index contributed by atoms with van der Waals surface area (Å²) in [6.07, 6.45) is 0. The van der Waals surface area contributed by atoms with Crippen molar-refractivity contribution in [2.45, 2.75) is 19.6 Å². The highest BCUT2D eigenvalue weighted by Gasteiger charge is 2.44. The van der Waals surface area contributed by atoms with Crippen LogP contribution in [0, 0.1) is 0 Å². The predicted molar refractivity (Wildman–Crippen MR) is 124 cm³/mol. The first kappa shape index (κ1) is 22.8. The number of para-hydroxylation sites is 2. The summed E-state index contributed by atoms with van der Waals surface area (Å²) in [7, 11) is -3.77. The number of benzene rings is 3. The number of anilines is 2. The second kappa shape index (κ2) is 10.9. The van der Waals surface area contributed by atoms with Crippen LogP contribution in [0.1, 0.15) is 25.2 Å². The van der Waals surface area contributed by atoms with Gasteiger partial charge in [0.25, 0.3) is 0 Å². The Bertz CT molecular complexity index is 990. The second-order valence-corrected chi connectivity index (χ2v) is 8.75. The third kappa shape index (κ3) is 5.61. The maximum absolute atomic E-state index is 14.0. The monoisotopic (exact) mass is 438 g/mol. The van der Waals surface area contributed by atoms with Crippen LogP contribution in [0.15, 0.2) is 91.0 Å². The first-order valence-electron chi connectivity index (χ1n) is 10.2. The molecule has 0 fully saturated rings. The minimum absolute atomic E-state index is 0.184. The number of nitrogens with one attached hydrogen (secondary N) is 1. The number of carbonyl (C=O) groups excluding carboxylic acids is 1. The Morgan fingerprint density at radius 1 is 0.839 bits per heavy atom. The summed E-state index contributed by atoms with van der Waals surface area (Å²) in [6, 6.07) is 27.0. The lowest BCUT2D eigenvalue weighted by molar-refractivity contribution is 0.209. The van der Waals surface area contributed by atoms with Crippen LogP contribution in [0.3, 0.4) is 0 Å². The van der Waals surface area contributed by atoms with Gasteiger partial charge in [-0.1, -0.05) is 66.7 Å². The van der Waals surface area contributed by atoms with E-state index in [2.05, 4.69) is 5.32 Å². The maximum Gasteiger partial charge on any atom is 0.357 e. The van der Waals surface area contributed by atoms with Gasteiger partial charge in [-0.05, 0) is 43.7 Å². The highest BCUT2D eigenvalue weighted by molar-refractivity contribution is 7.54. The second-order valence-electron chi connectivity index (χ2n) is 6.66. The van der Waals surface area contributed by atoms with Crippen LogP contribution in [0.5, 0.6) is 0 Å². The number of nitrogens with zero attached hydrogens (tertiary/aromatic N) is 1. The van der Waals surface area contributed by atoms with Crippen molar-refractivity contribution in [1.29, 1.82) is 0 Å². The zero-order valence-corrected chi connectivity index (χ0v) is 18.6. The van der Waals surface area contributed by atoms with Crippen LogP contribution in [-0.2, 0) is 13.6 Å². The first-order chi connectivity index (χ1) is 15.1. The molecule has 2 amide bonds. The van der Waals surface area contributed by atoms with E-state index in [1.165, 1.54) is 4.90 Å². The highest BCUT2D eigenvalue weighted by Crippen LogP contribution is 2.63. The normalized spacial score (nSPS) is 12.2.